The van der Waals surface area contributed by atoms with Crippen molar-refractivity contribution in [3.05, 3.63) is 48.0 Å². The Balaban J connectivity index is 0.00000156. The van der Waals surface area contributed by atoms with Crippen molar-refractivity contribution in [3.63, 3.8) is 0 Å². The molecule has 3 aromatic rings. The van der Waals surface area contributed by atoms with Crippen molar-refractivity contribution in [2.24, 2.45) is 0 Å². The Labute approximate surface area is 139 Å². The van der Waals surface area contributed by atoms with Gasteiger partial charge in [-0.15, -0.1) is 12.4 Å². The van der Waals surface area contributed by atoms with E-state index in [1.807, 2.05) is 42.5 Å². The maximum absolute atomic E-state index is 5.97. The lowest BCUT2D eigenvalue weighted by atomic mass is 10.2. The molecule has 0 atom stereocenters. The first-order valence-corrected chi connectivity index (χ1v) is 6.94. The van der Waals surface area contributed by atoms with Crippen LogP contribution in [0.4, 0.5) is 11.8 Å². The first kappa shape index (κ1) is 15.2. The molecule has 0 amide bonds. The maximum Gasteiger partial charge on any atom is 0.231 e. The van der Waals surface area contributed by atoms with Gasteiger partial charge in [-0.3, -0.25) is 0 Å². The lowest BCUT2D eigenvalue weighted by molar-refractivity contribution is 0.174. The van der Waals surface area contributed by atoms with Crippen molar-refractivity contribution >= 4 is 35.1 Å². The Morgan fingerprint density at radius 1 is 1.04 bits per heavy atom. The van der Waals surface area contributed by atoms with Crippen LogP contribution < -0.4 is 20.5 Å². The Morgan fingerprint density at radius 2 is 1.87 bits per heavy atom. The molecule has 0 bridgehead atoms. The number of nitrogens with zero attached hydrogens (tertiary/aromatic N) is 2. The Bertz CT molecular complexity index is 857. The molecular formula is C16H15ClN4O2. The van der Waals surface area contributed by atoms with Crippen molar-refractivity contribution in [2.45, 2.75) is 6.54 Å². The molecule has 2 heterocycles. The van der Waals surface area contributed by atoms with Crippen molar-refractivity contribution in [3.8, 4) is 11.5 Å². The molecule has 6 nitrogen and oxygen atoms in total. The lowest BCUT2D eigenvalue weighted by Crippen LogP contribution is -2.05. The van der Waals surface area contributed by atoms with Gasteiger partial charge < -0.3 is 20.5 Å². The third kappa shape index (κ3) is 2.93. The number of aromatic nitrogens is 2. The predicted molar refractivity (Wildman–Crippen MR) is 91.1 cm³/mol. The van der Waals surface area contributed by atoms with Gasteiger partial charge in [-0.05, 0) is 29.8 Å². The number of hydrogen-bond donors (Lipinski definition) is 2. The van der Waals surface area contributed by atoms with Crippen molar-refractivity contribution in [2.75, 3.05) is 17.8 Å². The molecule has 0 unspecified atom stereocenters. The quantitative estimate of drug-likeness (QED) is 0.768. The molecule has 0 radical (unpaired) electrons. The summed E-state index contributed by atoms with van der Waals surface area (Å²) < 4.78 is 10.7. The van der Waals surface area contributed by atoms with E-state index in [4.69, 9.17) is 15.2 Å². The minimum Gasteiger partial charge on any atom is -0.454 e. The highest BCUT2D eigenvalue weighted by Gasteiger charge is 2.13. The minimum atomic E-state index is 0. The van der Waals surface area contributed by atoms with Crippen LogP contribution in [0.3, 0.4) is 0 Å². The van der Waals surface area contributed by atoms with Gasteiger partial charge in [0.05, 0.1) is 5.52 Å². The monoisotopic (exact) mass is 330 g/mol. The smallest absolute Gasteiger partial charge is 0.231 e. The van der Waals surface area contributed by atoms with Crippen molar-refractivity contribution in [1.82, 2.24) is 9.97 Å². The number of rotatable bonds is 3. The summed E-state index contributed by atoms with van der Waals surface area (Å²) in [6.07, 6.45) is 0. The van der Waals surface area contributed by atoms with Gasteiger partial charge in [0, 0.05) is 11.9 Å². The van der Waals surface area contributed by atoms with Gasteiger partial charge in [0.1, 0.15) is 5.82 Å². The summed E-state index contributed by atoms with van der Waals surface area (Å²) in [6, 6.07) is 13.5. The molecule has 4 rings (SSSR count). The number of benzene rings is 2. The number of nitrogens with one attached hydrogen (secondary N) is 1. The second kappa shape index (κ2) is 6.18. The van der Waals surface area contributed by atoms with E-state index >= 15 is 0 Å². The first-order chi connectivity index (χ1) is 10.8. The van der Waals surface area contributed by atoms with Crippen LogP contribution in [0.5, 0.6) is 11.5 Å². The van der Waals surface area contributed by atoms with Crippen LogP contribution >= 0.6 is 12.4 Å². The minimum absolute atomic E-state index is 0. The highest BCUT2D eigenvalue weighted by atomic mass is 35.5. The molecule has 0 fully saturated rings. The molecule has 7 heteroatoms. The second-order valence-corrected chi connectivity index (χ2v) is 4.99. The van der Waals surface area contributed by atoms with E-state index in [0.29, 0.717) is 18.3 Å². The SMILES string of the molecule is Cl.Nc1nc(NCc2ccc3c(c2)OCO3)nc2ccccc12. The van der Waals surface area contributed by atoms with Gasteiger partial charge in [0.15, 0.2) is 11.5 Å². The fraction of sp³-hybridized carbons (Fsp3) is 0.125. The van der Waals surface area contributed by atoms with Gasteiger partial charge in [0.2, 0.25) is 12.7 Å². The third-order valence-electron chi connectivity index (χ3n) is 3.52. The van der Waals surface area contributed by atoms with Gasteiger partial charge in [-0.25, -0.2) is 4.98 Å². The first-order valence-electron chi connectivity index (χ1n) is 6.94. The summed E-state index contributed by atoms with van der Waals surface area (Å²) in [5.41, 5.74) is 7.85. The topological polar surface area (TPSA) is 82.3 Å². The molecule has 1 aliphatic heterocycles. The molecule has 23 heavy (non-hydrogen) atoms. The average molecular weight is 331 g/mol. The van der Waals surface area contributed by atoms with Crippen LogP contribution in [-0.2, 0) is 6.54 Å². The summed E-state index contributed by atoms with van der Waals surface area (Å²) in [4.78, 5) is 8.75. The molecule has 0 saturated carbocycles. The predicted octanol–water partition coefficient (Wildman–Crippen LogP) is 2.97. The Hall–Kier alpha value is -2.73. The van der Waals surface area contributed by atoms with Crippen LogP contribution in [0.25, 0.3) is 10.9 Å². The second-order valence-electron chi connectivity index (χ2n) is 4.99. The van der Waals surface area contributed by atoms with Gasteiger partial charge >= 0.3 is 0 Å². The van der Waals surface area contributed by atoms with E-state index in [-0.39, 0.29) is 19.2 Å². The normalized spacial score (nSPS) is 12.0. The van der Waals surface area contributed by atoms with Crippen molar-refractivity contribution < 1.29 is 9.47 Å². The summed E-state index contributed by atoms with van der Waals surface area (Å²) in [5.74, 6) is 2.51. The summed E-state index contributed by atoms with van der Waals surface area (Å²) in [7, 11) is 0. The van der Waals surface area contributed by atoms with E-state index < -0.39 is 0 Å². The van der Waals surface area contributed by atoms with E-state index in [0.717, 1.165) is 28.0 Å². The van der Waals surface area contributed by atoms with Crippen LogP contribution in [0.2, 0.25) is 0 Å². The number of nitrogen functional groups attached to an aromatic ring is 1. The van der Waals surface area contributed by atoms with E-state index in [1.165, 1.54) is 0 Å². The maximum atomic E-state index is 5.97. The summed E-state index contributed by atoms with van der Waals surface area (Å²) in [6.45, 7) is 0.852. The van der Waals surface area contributed by atoms with Crippen molar-refractivity contribution in [1.29, 1.82) is 0 Å². The van der Waals surface area contributed by atoms with Gasteiger partial charge in [-0.2, -0.15) is 4.98 Å². The molecule has 0 aliphatic carbocycles. The summed E-state index contributed by atoms with van der Waals surface area (Å²) in [5, 5.41) is 4.04. The van der Waals surface area contributed by atoms with Gasteiger partial charge in [-0.1, -0.05) is 18.2 Å². The number of fused-ring (bicyclic) bond motifs is 2. The molecule has 118 valence electrons. The molecule has 0 spiro atoms. The third-order valence-corrected chi connectivity index (χ3v) is 3.52. The van der Waals surface area contributed by atoms with Gasteiger partial charge in [0.25, 0.3) is 0 Å². The molecule has 0 saturated heterocycles. The highest BCUT2D eigenvalue weighted by molar-refractivity contribution is 5.88. The molecule has 1 aliphatic rings. The Kier molecular flexibility index (Phi) is 4.08. The standard InChI is InChI=1S/C16H14N4O2.ClH/c17-15-11-3-1-2-4-12(11)19-16(20-15)18-8-10-5-6-13-14(7-10)22-9-21-13;/h1-7H,8-9H2,(H3,17,18,19,20);1H. The Morgan fingerprint density at radius 3 is 2.78 bits per heavy atom. The largest absolute Gasteiger partial charge is 0.454 e. The number of halogens is 1. The highest BCUT2D eigenvalue weighted by Crippen LogP contribution is 2.32. The molecular weight excluding hydrogens is 316 g/mol. The molecule has 1 aromatic heterocycles. The summed E-state index contributed by atoms with van der Waals surface area (Å²) >= 11 is 0. The lowest BCUT2D eigenvalue weighted by Gasteiger charge is -2.08. The van der Waals surface area contributed by atoms with Crippen LogP contribution in [0.1, 0.15) is 5.56 Å². The zero-order valence-electron chi connectivity index (χ0n) is 12.2. The molecule has 2 aromatic carbocycles. The van der Waals surface area contributed by atoms with Crippen LogP contribution in [-0.4, -0.2) is 16.8 Å². The average Bonchev–Trinajstić information content (AvgIpc) is 3.00. The number of anilines is 2. The van der Waals surface area contributed by atoms with E-state index in [9.17, 15) is 0 Å². The fourth-order valence-electron chi connectivity index (χ4n) is 2.41. The number of hydrogen-bond acceptors (Lipinski definition) is 6. The fourth-order valence-corrected chi connectivity index (χ4v) is 2.41. The van der Waals surface area contributed by atoms with E-state index in [2.05, 4.69) is 15.3 Å². The number of ether oxygens (including phenoxy) is 2. The van der Waals surface area contributed by atoms with E-state index in [1.54, 1.807) is 0 Å². The zero-order chi connectivity index (χ0) is 14.9. The van der Waals surface area contributed by atoms with Crippen LogP contribution in [0, 0.1) is 0 Å². The zero-order valence-corrected chi connectivity index (χ0v) is 13.0. The van der Waals surface area contributed by atoms with Crippen LogP contribution in [0.15, 0.2) is 42.5 Å². The number of nitrogens with two attached hydrogens (primary N) is 1. The molecule has 3 N–H and O–H groups in total. The number of para-hydroxylation sites is 1.